The Labute approximate surface area is 136 Å². The maximum absolute atomic E-state index is 13.1. The Bertz CT molecular complexity index is 702. The van der Waals surface area contributed by atoms with Gasteiger partial charge in [0.2, 0.25) is 0 Å². The van der Waals surface area contributed by atoms with Gasteiger partial charge in [0.15, 0.2) is 6.61 Å². The second-order valence-corrected chi connectivity index (χ2v) is 6.21. The second-order valence-electron chi connectivity index (χ2n) is 5.29. The highest BCUT2D eigenvalue weighted by molar-refractivity contribution is 9.10. The number of hydrogen-bond donors (Lipinski definition) is 0. The molecule has 5 heteroatoms. The van der Waals surface area contributed by atoms with Crippen LogP contribution in [0.3, 0.4) is 0 Å². The van der Waals surface area contributed by atoms with Crippen LogP contribution in [0, 0.1) is 5.82 Å². The van der Waals surface area contributed by atoms with Gasteiger partial charge in [-0.25, -0.2) is 4.39 Å². The van der Waals surface area contributed by atoms with Crippen molar-refractivity contribution in [2.24, 2.45) is 0 Å². The predicted octanol–water partition coefficient (Wildman–Crippen LogP) is 4.07. The van der Waals surface area contributed by atoms with Crippen LogP contribution < -0.4 is 4.74 Å². The van der Waals surface area contributed by atoms with E-state index < -0.39 is 0 Å². The standard InChI is InChI=1S/C17H15BrFNO2/c1-11(12-2-5-15(19)6-3-12)20-9-13-8-14(18)4-7-16(13)22-10-17(20)21/h2-8,11H,9-10H2,1H3. The van der Waals surface area contributed by atoms with E-state index in [2.05, 4.69) is 15.9 Å². The van der Waals surface area contributed by atoms with Crippen molar-refractivity contribution in [2.75, 3.05) is 6.61 Å². The van der Waals surface area contributed by atoms with Crippen LogP contribution >= 0.6 is 15.9 Å². The third-order valence-electron chi connectivity index (χ3n) is 3.85. The summed E-state index contributed by atoms with van der Waals surface area (Å²) in [6.07, 6.45) is 0. The zero-order chi connectivity index (χ0) is 15.7. The number of nitrogens with zero attached hydrogens (tertiary/aromatic N) is 1. The first kappa shape index (κ1) is 15.0. The summed E-state index contributed by atoms with van der Waals surface area (Å²) >= 11 is 3.44. The first-order chi connectivity index (χ1) is 10.5. The largest absolute Gasteiger partial charge is 0.483 e. The number of halogens is 2. The van der Waals surface area contributed by atoms with Crippen LogP contribution in [0.15, 0.2) is 46.9 Å². The van der Waals surface area contributed by atoms with Crippen LogP contribution in [-0.2, 0) is 11.3 Å². The first-order valence-electron chi connectivity index (χ1n) is 7.01. The van der Waals surface area contributed by atoms with E-state index in [0.717, 1.165) is 21.3 Å². The Morgan fingerprint density at radius 3 is 2.68 bits per heavy atom. The van der Waals surface area contributed by atoms with Crippen molar-refractivity contribution in [3.05, 3.63) is 63.9 Å². The Hall–Kier alpha value is -1.88. The topological polar surface area (TPSA) is 29.5 Å². The number of carbonyl (C=O) groups excluding carboxylic acids is 1. The lowest BCUT2D eigenvalue weighted by molar-refractivity contribution is -0.135. The van der Waals surface area contributed by atoms with Crippen molar-refractivity contribution in [3.8, 4) is 5.75 Å². The molecule has 2 aromatic rings. The summed E-state index contributed by atoms with van der Waals surface area (Å²) in [4.78, 5) is 14.1. The van der Waals surface area contributed by atoms with Gasteiger partial charge >= 0.3 is 0 Å². The lowest BCUT2D eigenvalue weighted by atomic mass is 10.1. The third-order valence-corrected chi connectivity index (χ3v) is 4.35. The summed E-state index contributed by atoms with van der Waals surface area (Å²) < 4.78 is 19.6. The summed E-state index contributed by atoms with van der Waals surface area (Å²) in [5.41, 5.74) is 1.85. The normalized spacial score (nSPS) is 15.8. The number of carbonyl (C=O) groups is 1. The quantitative estimate of drug-likeness (QED) is 0.804. The van der Waals surface area contributed by atoms with Gasteiger partial charge in [-0.05, 0) is 42.8 Å². The van der Waals surface area contributed by atoms with E-state index in [1.54, 1.807) is 17.0 Å². The third kappa shape index (κ3) is 2.99. The maximum atomic E-state index is 13.1. The van der Waals surface area contributed by atoms with E-state index in [4.69, 9.17) is 4.74 Å². The SMILES string of the molecule is CC(c1ccc(F)cc1)N1Cc2cc(Br)ccc2OCC1=O. The zero-order valence-corrected chi connectivity index (χ0v) is 13.6. The minimum absolute atomic E-state index is 0.0141. The van der Waals surface area contributed by atoms with Crippen molar-refractivity contribution >= 4 is 21.8 Å². The zero-order valence-electron chi connectivity index (χ0n) is 12.1. The molecular weight excluding hydrogens is 349 g/mol. The molecule has 0 bridgehead atoms. The number of benzene rings is 2. The van der Waals surface area contributed by atoms with Crippen LogP contribution in [-0.4, -0.2) is 17.4 Å². The molecule has 1 amide bonds. The summed E-state index contributed by atoms with van der Waals surface area (Å²) in [6.45, 7) is 2.42. The molecule has 114 valence electrons. The molecule has 0 fully saturated rings. The molecule has 0 N–H and O–H groups in total. The van der Waals surface area contributed by atoms with Gasteiger partial charge in [0.25, 0.3) is 5.91 Å². The highest BCUT2D eigenvalue weighted by Gasteiger charge is 2.26. The summed E-state index contributed by atoms with van der Waals surface area (Å²) in [5.74, 6) is 0.366. The summed E-state index contributed by atoms with van der Waals surface area (Å²) in [6, 6.07) is 11.8. The Morgan fingerprint density at radius 1 is 1.23 bits per heavy atom. The van der Waals surface area contributed by atoms with Crippen molar-refractivity contribution in [3.63, 3.8) is 0 Å². The number of hydrogen-bond acceptors (Lipinski definition) is 2. The van der Waals surface area contributed by atoms with Crippen molar-refractivity contribution in [1.82, 2.24) is 4.90 Å². The Balaban J connectivity index is 1.91. The van der Waals surface area contributed by atoms with Gasteiger partial charge in [-0.2, -0.15) is 0 Å². The van der Waals surface area contributed by atoms with Crippen LogP contribution in [0.5, 0.6) is 5.75 Å². The van der Waals surface area contributed by atoms with Crippen LogP contribution in [0.1, 0.15) is 24.1 Å². The molecule has 0 radical (unpaired) electrons. The van der Waals surface area contributed by atoms with Crippen molar-refractivity contribution < 1.29 is 13.9 Å². The molecule has 1 aliphatic rings. The average molecular weight is 364 g/mol. The molecule has 0 spiro atoms. The molecule has 3 nitrogen and oxygen atoms in total. The molecule has 1 aliphatic heterocycles. The molecule has 0 aliphatic carbocycles. The lowest BCUT2D eigenvalue weighted by Gasteiger charge is -2.28. The lowest BCUT2D eigenvalue weighted by Crippen LogP contribution is -2.34. The molecule has 0 saturated heterocycles. The van der Waals surface area contributed by atoms with Gasteiger partial charge < -0.3 is 9.64 Å². The number of ether oxygens (including phenoxy) is 1. The van der Waals surface area contributed by atoms with Crippen molar-refractivity contribution in [1.29, 1.82) is 0 Å². The molecule has 1 unspecified atom stereocenters. The number of rotatable bonds is 2. The smallest absolute Gasteiger partial charge is 0.261 e. The van der Waals surface area contributed by atoms with Crippen LogP contribution in [0.25, 0.3) is 0 Å². The van der Waals surface area contributed by atoms with E-state index >= 15 is 0 Å². The van der Waals surface area contributed by atoms with Crippen LogP contribution in [0.4, 0.5) is 4.39 Å². The molecule has 22 heavy (non-hydrogen) atoms. The van der Waals surface area contributed by atoms with E-state index in [-0.39, 0.29) is 24.4 Å². The minimum Gasteiger partial charge on any atom is -0.483 e. The van der Waals surface area contributed by atoms with E-state index in [0.29, 0.717) is 6.54 Å². The predicted molar refractivity (Wildman–Crippen MR) is 85.0 cm³/mol. The number of fused-ring (bicyclic) bond motifs is 1. The monoisotopic (exact) mass is 363 g/mol. The molecule has 1 heterocycles. The molecule has 0 saturated carbocycles. The summed E-state index contributed by atoms with van der Waals surface area (Å²) in [7, 11) is 0. The maximum Gasteiger partial charge on any atom is 0.261 e. The fraction of sp³-hybridized carbons (Fsp3) is 0.235. The van der Waals surface area contributed by atoms with Gasteiger partial charge in [0, 0.05) is 10.0 Å². The molecule has 2 aromatic carbocycles. The van der Waals surface area contributed by atoms with E-state index in [1.165, 1.54) is 12.1 Å². The van der Waals surface area contributed by atoms with Gasteiger partial charge in [0.05, 0.1) is 12.6 Å². The van der Waals surface area contributed by atoms with Gasteiger partial charge in [0.1, 0.15) is 11.6 Å². The highest BCUT2D eigenvalue weighted by atomic mass is 79.9. The molecule has 1 atom stereocenters. The fourth-order valence-corrected chi connectivity index (χ4v) is 2.99. The van der Waals surface area contributed by atoms with Gasteiger partial charge in [-0.3, -0.25) is 4.79 Å². The van der Waals surface area contributed by atoms with Crippen molar-refractivity contribution in [2.45, 2.75) is 19.5 Å². The number of amides is 1. The highest BCUT2D eigenvalue weighted by Crippen LogP contribution is 2.31. The second kappa shape index (κ2) is 6.08. The van der Waals surface area contributed by atoms with Gasteiger partial charge in [-0.15, -0.1) is 0 Å². The minimum atomic E-state index is -0.282. The fourth-order valence-electron chi connectivity index (χ4n) is 2.58. The van der Waals surface area contributed by atoms with E-state index in [1.807, 2.05) is 25.1 Å². The van der Waals surface area contributed by atoms with Crippen LogP contribution in [0.2, 0.25) is 0 Å². The Morgan fingerprint density at radius 2 is 1.95 bits per heavy atom. The van der Waals surface area contributed by atoms with E-state index in [9.17, 15) is 9.18 Å². The molecule has 3 rings (SSSR count). The molecule has 0 aromatic heterocycles. The first-order valence-corrected chi connectivity index (χ1v) is 7.80. The Kier molecular flexibility index (Phi) is 4.16. The average Bonchev–Trinajstić information content (AvgIpc) is 2.66. The van der Waals surface area contributed by atoms with Gasteiger partial charge in [-0.1, -0.05) is 28.1 Å². The summed E-state index contributed by atoms with van der Waals surface area (Å²) in [5, 5.41) is 0. The molecular formula is C17H15BrFNO2.